The van der Waals surface area contributed by atoms with Gasteiger partial charge in [-0.1, -0.05) is 218 Å². The predicted octanol–water partition coefficient (Wildman–Crippen LogP) is 17.1. The molecule has 0 saturated carbocycles. The molecule has 0 bridgehead atoms. The Hall–Kier alpha value is -9.85. The number of aromatic nitrogens is 2. The van der Waals surface area contributed by atoms with Crippen LogP contribution in [0.15, 0.2) is 284 Å². The minimum atomic E-state index is 0.112. The zero-order valence-electron chi connectivity index (χ0n) is 42.3. The van der Waals surface area contributed by atoms with E-state index in [1.165, 1.54) is 11.1 Å². The van der Waals surface area contributed by atoms with Gasteiger partial charge < -0.3 is 15.2 Å². The minimum absolute atomic E-state index is 0.112. The van der Waals surface area contributed by atoms with Crippen LogP contribution in [0.1, 0.15) is 29.2 Å². The summed E-state index contributed by atoms with van der Waals surface area (Å²) < 4.78 is 4.60. The van der Waals surface area contributed by atoms with Gasteiger partial charge in [-0.15, -0.1) is 0 Å². The summed E-state index contributed by atoms with van der Waals surface area (Å²) in [4.78, 5) is 11.6. The van der Waals surface area contributed by atoms with Gasteiger partial charge in [0.05, 0.1) is 22.2 Å². The monoisotopic (exact) mass is 973 g/mol. The molecule has 9 aromatic carbocycles. The Balaban J connectivity index is 0.000000431. The molecular weight excluding hydrogens is 915 g/mol. The van der Waals surface area contributed by atoms with E-state index in [0.717, 1.165) is 78.0 Å². The lowest BCUT2D eigenvalue weighted by molar-refractivity contribution is 0.973. The predicted molar refractivity (Wildman–Crippen MR) is 320 cm³/mol. The first-order chi connectivity index (χ1) is 36.9. The summed E-state index contributed by atoms with van der Waals surface area (Å²) >= 11 is 0. The van der Waals surface area contributed by atoms with E-state index in [-0.39, 0.29) is 5.84 Å². The SMILES string of the molecule is C=C/C=C\C=C/C.C=Nc1c(N(Cc2ccccc2)c2ccccc2)c2cc3c(cc2n1-c1ccccc1)c1ccccc1n3-c1ccc(-c2cccc(C(=N)N=C(N)c3ccccc3)c2)cc1.Cc1ccccc1. The van der Waals surface area contributed by atoms with Gasteiger partial charge in [-0.3, -0.25) is 9.98 Å². The largest absolute Gasteiger partial charge is 0.383 e. The van der Waals surface area contributed by atoms with Gasteiger partial charge in [0, 0.05) is 50.9 Å². The summed E-state index contributed by atoms with van der Waals surface area (Å²) in [6.45, 7) is 12.4. The lowest BCUT2D eigenvalue weighted by atomic mass is 10.0. The molecule has 0 aliphatic heterocycles. The van der Waals surface area contributed by atoms with Gasteiger partial charge in [0.15, 0.2) is 11.7 Å². The average Bonchev–Trinajstić information content (AvgIpc) is 3.98. The van der Waals surface area contributed by atoms with Crippen molar-refractivity contribution in [3.05, 3.63) is 296 Å². The molecular formula is C68H59N7. The summed E-state index contributed by atoms with van der Waals surface area (Å²) in [7, 11) is 0. The number of amidine groups is 2. The molecule has 2 heterocycles. The van der Waals surface area contributed by atoms with Crippen LogP contribution in [0.3, 0.4) is 0 Å². The van der Waals surface area contributed by atoms with E-state index >= 15 is 0 Å². The number of nitrogens with two attached hydrogens (primary N) is 1. The fourth-order valence-corrected chi connectivity index (χ4v) is 9.22. The number of rotatable bonds is 12. The van der Waals surface area contributed by atoms with Crippen LogP contribution in [0.4, 0.5) is 17.2 Å². The number of benzene rings is 9. The highest BCUT2D eigenvalue weighted by atomic mass is 15.2. The summed E-state index contributed by atoms with van der Waals surface area (Å²) in [5, 5.41) is 12.1. The average molecular weight is 974 g/mol. The van der Waals surface area contributed by atoms with Gasteiger partial charge in [0.2, 0.25) is 0 Å². The second-order valence-corrected chi connectivity index (χ2v) is 17.8. The van der Waals surface area contributed by atoms with E-state index in [1.54, 1.807) is 6.08 Å². The topological polar surface area (TPSA) is 87.7 Å². The second-order valence-electron chi connectivity index (χ2n) is 17.8. The molecule has 0 spiro atoms. The van der Waals surface area contributed by atoms with Crippen molar-refractivity contribution >= 4 is 68.3 Å². The number of para-hydroxylation sites is 3. The number of hydrogen-bond donors (Lipinski definition) is 2. The maximum absolute atomic E-state index is 8.75. The van der Waals surface area contributed by atoms with Crippen LogP contribution in [0, 0.1) is 12.3 Å². The van der Waals surface area contributed by atoms with E-state index in [1.807, 2.05) is 104 Å². The number of nitrogens with one attached hydrogen (secondary N) is 1. The van der Waals surface area contributed by atoms with Crippen molar-refractivity contribution in [3.8, 4) is 22.5 Å². The quantitative estimate of drug-likeness (QED) is 0.0726. The fraction of sp³-hybridized carbons (Fsp3) is 0.0441. The molecule has 75 heavy (non-hydrogen) atoms. The highest BCUT2D eigenvalue weighted by Crippen LogP contribution is 2.48. The fourth-order valence-electron chi connectivity index (χ4n) is 9.22. The van der Waals surface area contributed by atoms with E-state index in [0.29, 0.717) is 17.9 Å². The molecule has 0 atom stereocenters. The number of fused-ring (bicyclic) bond motifs is 4. The molecule has 2 aromatic heterocycles. The van der Waals surface area contributed by atoms with Gasteiger partial charge in [0.25, 0.3) is 0 Å². The van der Waals surface area contributed by atoms with E-state index < -0.39 is 0 Å². The van der Waals surface area contributed by atoms with Crippen LogP contribution in [0.25, 0.3) is 55.2 Å². The maximum atomic E-state index is 8.75. The van der Waals surface area contributed by atoms with Gasteiger partial charge in [-0.2, -0.15) is 0 Å². The molecule has 0 fully saturated rings. The van der Waals surface area contributed by atoms with Crippen molar-refractivity contribution in [1.29, 1.82) is 5.41 Å². The van der Waals surface area contributed by atoms with Crippen LogP contribution in [-0.2, 0) is 6.54 Å². The molecule has 0 radical (unpaired) electrons. The standard InChI is InChI=1S/C54H41N7.C7H8.C7H10/c1-57-54-51(59(42-23-10-4-11-24-42)36-37-17-6-2-7-18-37)47-35-49-46(34-50(47)61(54)43-25-12-5-13-26-43)45-27-14-15-28-48(45)60(49)44-31-29-38(30-32-44)40-21-16-22-41(33-40)53(56)58-52(55)39-19-8-3-9-20-39;1-7-5-3-2-4-6-7;1-3-5-7-6-4-2/h2-35H,1,36H2,(H3,55,56,58);2-6H,1H3;3-7H,1H2,2H3/b;;6-4-,7-5-. The molecule has 7 heteroatoms. The Morgan fingerprint density at radius 2 is 1.12 bits per heavy atom. The van der Waals surface area contributed by atoms with Gasteiger partial charge in [-0.25, -0.2) is 9.98 Å². The van der Waals surface area contributed by atoms with Crippen molar-refractivity contribution in [2.75, 3.05) is 4.90 Å². The highest BCUT2D eigenvalue weighted by Gasteiger charge is 2.26. The number of aryl methyl sites for hydroxylation is 1. The van der Waals surface area contributed by atoms with E-state index in [4.69, 9.17) is 16.1 Å². The van der Waals surface area contributed by atoms with Crippen LogP contribution in [0.2, 0.25) is 0 Å². The number of allylic oxidation sites excluding steroid dienone is 5. The molecule has 0 amide bonds. The van der Waals surface area contributed by atoms with Crippen molar-refractivity contribution in [2.24, 2.45) is 15.7 Å². The molecule has 11 aromatic rings. The third-order valence-electron chi connectivity index (χ3n) is 12.8. The summed E-state index contributed by atoms with van der Waals surface area (Å²) in [6.07, 6.45) is 9.51. The first-order valence-corrected chi connectivity index (χ1v) is 25.0. The van der Waals surface area contributed by atoms with Crippen molar-refractivity contribution in [1.82, 2.24) is 9.13 Å². The number of anilines is 2. The van der Waals surface area contributed by atoms with E-state index in [2.05, 4.69) is 203 Å². The Morgan fingerprint density at radius 1 is 0.547 bits per heavy atom. The van der Waals surface area contributed by atoms with Crippen LogP contribution in [-0.4, -0.2) is 27.5 Å². The molecule has 3 N–H and O–H groups in total. The molecule has 11 rings (SSSR count). The minimum Gasteiger partial charge on any atom is -0.383 e. The van der Waals surface area contributed by atoms with Gasteiger partial charge >= 0.3 is 0 Å². The molecule has 366 valence electrons. The van der Waals surface area contributed by atoms with Crippen LogP contribution in [0.5, 0.6) is 0 Å². The summed E-state index contributed by atoms with van der Waals surface area (Å²) in [6, 6.07) is 81.2. The van der Waals surface area contributed by atoms with Crippen LogP contribution >= 0.6 is 0 Å². The Bertz CT molecular complexity index is 3790. The number of nitrogens with zero attached hydrogens (tertiary/aromatic N) is 5. The first-order valence-electron chi connectivity index (χ1n) is 25.0. The molecule has 0 aliphatic rings. The number of hydrogen-bond acceptors (Lipinski definition) is 3. The first kappa shape index (κ1) is 50.1. The normalized spacial score (nSPS) is 11.3. The van der Waals surface area contributed by atoms with E-state index in [9.17, 15) is 0 Å². The third kappa shape index (κ3) is 11.4. The Labute approximate surface area is 440 Å². The lowest BCUT2D eigenvalue weighted by Gasteiger charge is -2.25. The summed E-state index contributed by atoms with van der Waals surface area (Å²) in [5.41, 5.74) is 19.6. The second kappa shape index (κ2) is 24.0. The van der Waals surface area contributed by atoms with Crippen LogP contribution < -0.4 is 10.6 Å². The molecule has 0 unspecified atom stereocenters. The molecule has 0 saturated heterocycles. The Morgan fingerprint density at radius 3 is 1.76 bits per heavy atom. The summed E-state index contributed by atoms with van der Waals surface area (Å²) in [5.74, 6) is 1.20. The Kier molecular flexibility index (Phi) is 16.1. The van der Waals surface area contributed by atoms with Crippen molar-refractivity contribution in [3.63, 3.8) is 0 Å². The zero-order chi connectivity index (χ0) is 51.9. The lowest BCUT2D eigenvalue weighted by Crippen LogP contribution is -2.16. The van der Waals surface area contributed by atoms with Gasteiger partial charge in [-0.05, 0) is 97.9 Å². The zero-order valence-corrected chi connectivity index (χ0v) is 42.3. The smallest absolute Gasteiger partial charge is 0.161 e. The highest BCUT2D eigenvalue weighted by molar-refractivity contribution is 6.17. The van der Waals surface area contributed by atoms with Gasteiger partial charge in [0.1, 0.15) is 5.84 Å². The maximum Gasteiger partial charge on any atom is 0.161 e. The molecule has 0 aliphatic carbocycles. The van der Waals surface area contributed by atoms with Crippen molar-refractivity contribution < 1.29 is 0 Å². The van der Waals surface area contributed by atoms with Crippen molar-refractivity contribution in [2.45, 2.75) is 20.4 Å². The third-order valence-corrected chi connectivity index (χ3v) is 12.8. The molecule has 7 nitrogen and oxygen atoms in total. The number of aliphatic imine (C=N–C) groups is 2.